The summed E-state index contributed by atoms with van der Waals surface area (Å²) in [4.78, 5) is 30.4. The summed E-state index contributed by atoms with van der Waals surface area (Å²) in [5.41, 5.74) is 3.06. The lowest BCUT2D eigenvalue weighted by molar-refractivity contribution is -0.149. The van der Waals surface area contributed by atoms with Gasteiger partial charge in [0.15, 0.2) is 0 Å². The predicted molar refractivity (Wildman–Crippen MR) is 95.5 cm³/mol. The molecule has 6 nitrogen and oxygen atoms in total. The number of rotatable bonds is 3. The molecule has 1 saturated heterocycles. The highest BCUT2D eigenvalue weighted by Crippen LogP contribution is 2.48. The minimum Gasteiger partial charge on any atom is -0.481 e. The number of hydrogen-bond donors (Lipinski definition) is 2. The average molecular weight is 359 g/mol. The van der Waals surface area contributed by atoms with Gasteiger partial charge in [-0.2, -0.15) is 0 Å². The van der Waals surface area contributed by atoms with Crippen molar-refractivity contribution in [2.75, 3.05) is 13.1 Å². The first-order valence-corrected chi connectivity index (χ1v) is 9.49. The van der Waals surface area contributed by atoms with Crippen molar-refractivity contribution in [1.29, 1.82) is 0 Å². The van der Waals surface area contributed by atoms with E-state index in [4.69, 9.17) is 0 Å². The number of fused-ring (bicyclic) bond motifs is 2. The quantitative estimate of drug-likeness (QED) is 0.881. The number of likely N-dealkylation sites (tertiary alicyclic amines) is 1. The fourth-order valence-electron chi connectivity index (χ4n) is 4.29. The summed E-state index contributed by atoms with van der Waals surface area (Å²) >= 11 is 1.58. The number of aliphatic carboxylic acids is 1. The first kappa shape index (κ1) is 16.3. The van der Waals surface area contributed by atoms with Crippen molar-refractivity contribution < 1.29 is 14.7 Å². The molecule has 1 saturated carbocycles. The molecule has 2 heterocycles. The zero-order chi connectivity index (χ0) is 17.6. The van der Waals surface area contributed by atoms with Crippen molar-refractivity contribution in [2.24, 2.45) is 11.3 Å². The Morgan fingerprint density at radius 2 is 2.32 bits per heavy atom. The number of amides is 2. The monoisotopic (exact) mass is 359 g/mol. The standard InChI is InChI=1S/C18H21N3O3S/c1-11(12-4-5-14-15(7-12)25-10-19-14)20-17(24)21-8-13-3-2-6-18(13,9-21)16(22)23/h4-5,7,10-11,13H,2-3,6,8-9H2,1H3,(H,20,24)(H,22,23)/t11?,13-,18+/m0/s1. The summed E-state index contributed by atoms with van der Waals surface area (Å²) in [6, 6.07) is 5.68. The molecule has 1 aromatic carbocycles. The van der Waals surface area contributed by atoms with Crippen LogP contribution in [0.3, 0.4) is 0 Å². The smallest absolute Gasteiger partial charge is 0.317 e. The van der Waals surface area contributed by atoms with Crippen molar-refractivity contribution in [1.82, 2.24) is 15.2 Å². The lowest BCUT2D eigenvalue weighted by Gasteiger charge is -2.24. The highest BCUT2D eigenvalue weighted by Gasteiger charge is 2.55. The Labute approximate surface area is 149 Å². The van der Waals surface area contributed by atoms with Gasteiger partial charge in [0.2, 0.25) is 0 Å². The van der Waals surface area contributed by atoms with Crippen LogP contribution in [0.15, 0.2) is 23.7 Å². The maximum atomic E-state index is 12.7. The van der Waals surface area contributed by atoms with E-state index >= 15 is 0 Å². The summed E-state index contributed by atoms with van der Waals surface area (Å²) in [6.45, 7) is 2.81. The number of carbonyl (C=O) groups is 2. The number of hydrogen-bond acceptors (Lipinski definition) is 4. The van der Waals surface area contributed by atoms with Gasteiger partial charge in [-0.15, -0.1) is 11.3 Å². The molecule has 3 atom stereocenters. The number of urea groups is 1. The van der Waals surface area contributed by atoms with Crippen LogP contribution in [0.1, 0.15) is 37.8 Å². The summed E-state index contributed by atoms with van der Waals surface area (Å²) in [7, 11) is 0. The number of carboxylic acids is 1. The van der Waals surface area contributed by atoms with Gasteiger partial charge in [0, 0.05) is 13.1 Å². The second-order valence-corrected chi connectivity index (χ2v) is 8.07. The molecule has 1 aromatic heterocycles. The second-order valence-electron chi connectivity index (χ2n) is 7.18. The Bertz CT molecular complexity index is 836. The van der Waals surface area contributed by atoms with Crippen LogP contribution >= 0.6 is 11.3 Å². The van der Waals surface area contributed by atoms with Crippen LogP contribution in [0.25, 0.3) is 10.2 Å². The van der Waals surface area contributed by atoms with E-state index in [2.05, 4.69) is 16.4 Å². The van der Waals surface area contributed by atoms with Gasteiger partial charge < -0.3 is 15.3 Å². The summed E-state index contributed by atoms with van der Waals surface area (Å²) in [5.74, 6) is -0.673. The highest BCUT2D eigenvalue weighted by atomic mass is 32.1. The van der Waals surface area contributed by atoms with Crippen LogP contribution in [-0.4, -0.2) is 40.1 Å². The molecule has 2 fully saturated rings. The number of thiazole rings is 1. The van der Waals surface area contributed by atoms with Crippen LogP contribution in [0.2, 0.25) is 0 Å². The molecule has 4 rings (SSSR count). The minimum atomic E-state index is -0.756. The molecule has 2 aliphatic rings. The first-order chi connectivity index (χ1) is 12.0. The molecule has 25 heavy (non-hydrogen) atoms. The summed E-state index contributed by atoms with van der Waals surface area (Å²) in [5, 5.41) is 12.7. The Morgan fingerprint density at radius 3 is 3.08 bits per heavy atom. The second kappa shape index (κ2) is 5.98. The number of nitrogens with zero attached hydrogens (tertiary/aromatic N) is 2. The van der Waals surface area contributed by atoms with Gasteiger partial charge in [-0.05, 0) is 43.4 Å². The van der Waals surface area contributed by atoms with E-state index in [9.17, 15) is 14.7 Å². The van der Waals surface area contributed by atoms with Crippen LogP contribution < -0.4 is 5.32 Å². The molecule has 2 amide bonds. The molecular formula is C18H21N3O3S. The van der Waals surface area contributed by atoms with Crippen LogP contribution in [0, 0.1) is 11.3 Å². The Hall–Kier alpha value is -2.15. The maximum absolute atomic E-state index is 12.7. The number of benzene rings is 1. The van der Waals surface area contributed by atoms with Crippen LogP contribution in [0.5, 0.6) is 0 Å². The predicted octanol–water partition coefficient (Wildman–Crippen LogP) is 3.25. The van der Waals surface area contributed by atoms with Crippen molar-refractivity contribution in [2.45, 2.75) is 32.2 Å². The lowest BCUT2D eigenvalue weighted by atomic mass is 9.81. The first-order valence-electron chi connectivity index (χ1n) is 8.61. The van der Waals surface area contributed by atoms with Gasteiger partial charge in [-0.3, -0.25) is 4.79 Å². The highest BCUT2D eigenvalue weighted by molar-refractivity contribution is 7.16. The van der Waals surface area contributed by atoms with E-state index in [0.29, 0.717) is 19.5 Å². The lowest BCUT2D eigenvalue weighted by Crippen LogP contribution is -2.42. The third kappa shape index (κ3) is 2.66. The minimum absolute atomic E-state index is 0.0830. The molecule has 7 heteroatoms. The number of carbonyl (C=O) groups excluding carboxylic acids is 1. The van der Waals surface area contributed by atoms with Gasteiger partial charge in [0.25, 0.3) is 0 Å². The summed E-state index contributed by atoms with van der Waals surface area (Å²) in [6.07, 6.45) is 2.51. The molecule has 2 N–H and O–H groups in total. The molecule has 132 valence electrons. The van der Waals surface area contributed by atoms with Crippen LogP contribution in [0.4, 0.5) is 4.79 Å². The van der Waals surface area contributed by atoms with E-state index in [-0.39, 0.29) is 18.0 Å². The molecule has 1 unspecified atom stereocenters. The van der Waals surface area contributed by atoms with Crippen molar-refractivity contribution in [3.63, 3.8) is 0 Å². The van der Waals surface area contributed by atoms with Gasteiger partial charge in [-0.1, -0.05) is 12.5 Å². The van der Waals surface area contributed by atoms with E-state index in [1.807, 2.05) is 24.6 Å². The Morgan fingerprint density at radius 1 is 1.48 bits per heavy atom. The Balaban J connectivity index is 1.46. The SMILES string of the molecule is CC(NC(=O)N1C[C@@H]2CCC[C@@]2(C(=O)O)C1)c1ccc2ncsc2c1. The van der Waals surface area contributed by atoms with E-state index < -0.39 is 11.4 Å². The van der Waals surface area contributed by atoms with Crippen molar-refractivity contribution in [3.8, 4) is 0 Å². The fraction of sp³-hybridized carbons (Fsp3) is 0.500. The zero-order valence-corrected chi connectivity index (χ0v) is 14.9. The topological polar surface area (TPSA) is 82.5 Å². The number of nitrogens with one attached hydrogen (secondary N) is 1. The molecule has 0 bridgehead atoms. The normalized spacial score (nSPS) is 26.6. The summed E-state index contributed by atoms with van der Waals surface area (Å²) < 4.78 is 1.10. The molecule has 2 aromatic rings. The number of aromatic nitrogens is 1. The van der Waals surface area contributed by atoms with Crippen molar-refractivity contribution >= 4 is 33.6 Å². The molecule has 0 spiro atoms. The van der Waals surface area contributed by atoms with Crippen LogP contribution in [-0.2, 0) is 4.79 Å². The fourth-order valence-corrected chi connectivity index (χ4v) is 5.02. The van der Waals surface area contributed by atoms with E-state index in [0.717, 1.165) is 28.6 Å². The molecule has 1 aliphatic carbocycles. The number of carboxylic acid groups (broad SMARTS) is 1. The van der Waals surface area contributed by atoms with E-state index in [1.54, 1.807) is 16.2 Å². The zero-order valence-electron chi connectivity index (χ0n) is 14.1. The van der Waals surface area contributed by atoms with E-state index in [1.165, 1.54) is 0 Å². The van der Waals surface area contributed by atoms with Gasteiger partial charge in [0.05, 0.1) is 27.2 Å². The molecule has 0 radical (unpaired) electrons. The van der Waals surface area contributed by atoms with Gasteiger partial charge in [0.1, 0.15) is 0 Å². The Kier molecular flexibility index (Phi) is 3.91. The third-order valence-electron chi connectivity index (χ3n) is 5.78. The maximum Gasteiger partial charge on any atom is 0.317 e. The van der Waals surface area contributed by atoms with Gasteiger partial charge >= 0.3 is 12.0 Å². The largest absolute Gasteiger partial charge is 0.481 e. The van der Waals surface area contributed by atoms with Gasteiger partial charge in [-0.25, -0.2) is 9.78 Å². The van der Waals surface area contributed by atoms with Crippen molar-refractivity contribution in [3.05, 3.63) is 29.3 Å². The third-order valence-corrected chi connectivity index (χ3v) is 6.57. The average Bonchev–Trinajstić information content (AvgIpc) is 3.27. The molecular weight excluding hydrogens is 338 g/mol. The molecule has 1 aliphatic heterocycles.